The zero-order valence-corrected chi connectivity index (χ0v) is 15.0. The minimum atomic E-state index is -0.425. The second kappa shape index (κ2) is 5.77. The van der Waals surface area contributed by atoms with Crippen LogP contribution in [0.5, 0.6) is 0 Å². The molecule has 2 saturated carbocycles. The van der Waals surface area contributed by atoms with Crippen molar-refractivity contribution in [2.75, 3.05) is 4.90 Å². The fraction of sp³-hybridized carbons (Fsp3) is 0.667. The van der Waals surface area contributed by atoms with Crippen LogP contribution in [0.2, 0.25) is 0 Å². The molecule has 2 aliphatic heterocycles. The number of anilines is 1. The van der Waals surface area contributed by atoms with Gasteiger partial charge in [-0.25, -0.2) is 4.98 Å². The molecule has 0 radical (unpaired) electrons. The number of imidazole rings is 1. The molecule has 2 aromatic heterocycles. The Kier molecular flexibility index (Phi) is 3.33. The van der Waals surface area contributed by atoms with Gasteiger partial charge in [-0.15, -0.1) is 0 Å². The van der Waals surface area contributed by atoms with Gasteiger partial charge in [0.2, 0.25) is 17.6 Å². The van der Waals surface area contributed by atoms with Crippen LogP contribution in [0.3, 0.4) is 0 Å². The molecule has 0 saturated heterocycles. The summed E-state index contributed by atoms with van der Waals surface area (Å²) in [6.45, 7) is 0. The van der Waals surface area contributed by atoms with E-state index in [0.29, 0.717) is 23.5 Å². The van der Waals surface area contributed by atoms with E-state index in [9.17, 15) is 4.39 Å². The lowest BCUT2D eigenvalue weighted by Crippen LogP contribution is -2.54. The van der Waals surface area contributed by atoms with Gasteiger partial charge in [0, 0.05) is 17.9 Å². The van der Waals surface area contributed by atoms with Gasteiger partial charge in [-0.2, -0.15) is 14.5 Å². The number of hydrazone groups is 1. The lowest BCUT2D eigenvalue weighted by Gasteiger charge is -2.45. The molecular formula is C18H22FN7O. The summed E-state index contributed by atoms with van der Waals surface area (Å²) in [6.07, 6.45) is 10.1. The van der Waals surface area contributed by atoms with Gasteiger partial charge >= 0.3 is 0 Å². The van der Waals surface area contributed by atoms with Gasteiger partial charge in [-0.3, -0.25) is 14.9 Å². The van der Waals surface area contributed by atoms with Crippen molar-refractivity contribution in [2.24, 2.45) is 11.0 Å². The Morgan fingerprint density at radius 1 is 1.11 bits per heavy atom. The first-order valence-corrected chi connectivity index (χ1v) is 10.0. The number of amidine groups is 1. The summed E-state index contributed by atoms with van der Waals surface area (Å²) in [7, 11) is 0. The van der Waals surface area contributed by atoms with Crippen molar-refractivity contribution in [1.29, 1.82) is 0 Å². The molecule has 0 amide bonds. The number of aromatic nitrogens is 4. The minimum Gasteiger partial charge on any atom is -0.339 e. The lowest BCUT2D eigenvalue weighted by atomic mass is 9.80. The van der Waals surface area contributed by atoms with Crippen LogP contribution in [0.4, 0.5) is 10.2 Å². The third-order valence-electron chi connectivity index (χ3n) is 6.65. The molecule has 8 nitrogen and oxygen atoms in total. The maximum absolute atomic E-state index is 14.5. The van der Waals surface area contributed by atoms with Crippen molar-refractivity contribution in [3.8, 4) is 0 Å². The van der Waals surface area contributed by atoms with Crippen LogP contribution in [-0.2, 0) is 0 Å². The first-order valence-electron chi connectivity index (χ1n) is 10.0. The molecule has 2 aliphatic carbocycles. The second-order valence-corrected chi connectivity index (χ2v) is 8.09. The molecular weight excluding hydrogens is 349 g/mol. The predicted molar refractivity (Wildman–Crippen MR) is 94.6 cm³/mol. The van der Waals surface area contributed by atoms with E-state index >= 15 is 0 Å². The Bertz CT molecular complexity index is 899. The van der Waals surface area contributed by atoms with E-state index in [1.807, 2.05) is 4.90 Å². The first-order chi connectivity index (χ1) is 13.3. The molecule has 9 heteroatoms. The van der Waals surface area contributed by atoms with E-state index in [1.165, 1.54) is 12.8 Å². The average molecular weight is 371 g/mol. The third kappa shape index (κ3) is 2.20. The fourth-order valence-corrected chi connectivity index (χ4v) is 5.37. The summed E-state index contributed by atoms with van der Waals surface area (Å²) < 4.78 is 21.8. The van der Waals surface area contributed by atoms with E-state index in [-0.39, 0.29) is 18.1 Å². The monoisotopic (exact) mass is 371 g/mol. The SMILES string of the molecule is Fc1ncc2n1C1CCCCC1C1NN=C(c3noc(C4CCCC4)n3)N21. The van der Waals surface area contributed by atoms with Gasteiger partial charge in [-0.1, -0.05) is 30.8 Å². The number of hydrogen-bond donors (Lipinski definition) is 1. The van der Waals surface area contributed by atoms with Crippen LogP contribution < -0.4 is 10.3 Å². The van der Waals surface area contributed by atoms with Gasteiger partial charge in [-0.05, 0) is 25.7 Å². The Labute approximate surface area is 155 Å². The van der Waals surface area contributed by atoms with Crippen LogP contribution in [0.15, 0.2) is 15.8 Å². The summed E-state index contributed by atoms with van der Waals surface area (Å²) in [5, 5.41) is 8.73. The second-order valence-electron chi connectivity index (χ2n) is 8.09. The van der Waals surface area contributed by atoms with Gasteiger partial charge in [0.25, 0.3) is 6.08 Å². The van der Waals surface area contributed by atoms with Crippen molar-refractivity contribution in [1.82, 2.24) is 25.1 Å². The number of hydrogen-bond acceptors (Lipinski definition) is 7. The highest BCUT2D eigenvalue weighted by Gasteiger charge is 2.48. The van der Waals surface area contributed by atoms with Crippen LogP contribution in [0.25, 0.3) is 0 Å². The van der Waals surface area contributed by atoms with Gasteiger partial charge in [0.15, 0.2) is 0 Å². The molecule has 1 N–H and O–H groups in total. The fourth-order valence-electron chi connectivity index (χ4n) is 5.37. The van der Waals surface area contributed by atoms with Gasteiger partial charge in [0.1, 0.15) is 12.0 Å². The predicted octanol–water partition coefficient (Wildman–Crippen LogP) is 2.91. The van der Waals surface area contributed by atoms with Crippen LogP contribution in [0, 0.1) is 12.0 Å². The first kappa shape index (κ1) is 15.6. The number of fused-ring (bicyclic) bond motifs is 6. The molecule has 4 aliphatic rings. The van der Waals surface area contributed by atoms with Crippen molar-refractivity contribution in [3.63, 3.8) is 0 Å². The standard InChI is InChI=1S/C18H22FN7O/c19-18-20-9-13-25(18)12-8-4-3-7-11(12)15-22-23-16(26(13)15)14-21-17(27-24-14)10-5-1-2-6-10/h9-12,15,22H,1-8H2. The average Bonchev–Trinajstić information content (AvgIpc) is 3.46. The lowest BCUT2D eigenvalue weighted by molar-refractivity contribution is 0.161. The quantitative estimate of drug-likeness (QED) is 0.874. The highest BCUT2D eigenvalue weighted by molar-refractivity contribution is 6.08. The summed E-state index contributed by atoms with van der Waals surface area (Å²) in [6, 6.07) is 0.124. The van der Waals surface area contributed by atoms with E-state index in [1.54, 1.807) is 10.8 Å². The smallest absolute Gasteiger partial charge is 0.291 e. The largest absolute Gasteiger partial charge is 0.339 e. The van der Waals surface area contributed by atoms with Gasteiger partial charge < -0.3 is 4.52 Å². The Balaban J connectivity index is 1.39. The van der Waals surface area contributed by atoms with Crippen LogP contribution in [0.1, 0.15) is 75.0 Å². The summed E-state index contributed by atoms with van der Waals surface area (Å²) >= 11 is 0. The van der Waals surface area contributed by atoms with Crippen molar-refractivity contribution >= 4 is 11.7 Å². The van der Waals surface area contributed by atoms with Crippen molar-refractivity contribution < 1.29 is 8.91 Å². The topological polar surface area (TPSA) is 84.4 Å². The molecule has 2 aromatic rings. The number of rotatable bonds is 2. The molecule has 27 heavy (non-hydrogen) atoms. The summed E-state index contributed by atoms with van der Waals surface area (Å²) in [5.74, 6) is 3.10. The van der Waals surface area contributed by atoms with Crippen molar-refractivity contribution in [2.45, 2.75) is 69.5 Å². The molecule has 4 heterocycles. The Morgan fingerprint density at radius 2 is 1.93 bits per heavy atom. The van der Waals surface area contributed by atoms with E-state index in [4.69, 9.17) is 4.52 Å². The number of nitrogens with one attached hydrogen (secondary N) is 1. The molecule has 0 bridgehead atoms. The molecule has 6 rings (SSSR count). The molecule has 3 unspecified atom stereocenters. The van der Waals surface area contributed by atoms with Crippen molar-refractivity contribution in [3.05, 3.63) is 24.0 Å². The third-order valence-corrected chi connectivity index (χ3v) is 6.65. The van der Waals surface area contributed by atoms with Crippen LogP contribution >= 0.6 is 0 Å². The van der Waals surface area contributed by atoms with E-state index in [2.05, 4.69) is 25.7 Å². The molecule has 142 valence electrons. The molecule has 0 aromatic carbocycles. The molecule has 0 spiro atoms. The number of halogens is 1. The van der Waals surface area contributed by atoms with Crippen LogP contribution in [-0.4, -0.2) is 31.7 Å². The number of nitrogens with zero attached hydrogens (tertiary/aromatic N) is 6. The van der Waals surface area contributed by atoms with Gasteiger partial charge in [0.05, 0.1) is 6.20 Å². The summed E-state index contributed by atoms with van der Waals surface area (Å²) in [5.41, 5.74) is 3.26. The Hall–Kier alpha value is -2.45. The minimum absolute atomic E-state index is 0.0117. The highest BCUT2D eigenvalue weighted by atomic mass is 19.1. The normalized spacial score (nSPS) is 29.9. The molecule has 2 fully saturated rings. The zero-order valence-electron chi connectivity index (χ0n) is 15.0. The molecule has 3 atom stereocenters. The maximum Gasteiger partial charge on any atom is 0.291 e. The van der Waals surface area contributed by atoms with E-state index < -0.39 is 6.08 Å². The van der Waals surface area contributed by atoms with E-state index in [0.717, 1.165) is 44.3 Å². The maximum atomic E-state index is 14.5. The highest BCUT2D eigenvalue weighted by Crippen LogP contribution is 2.46. The summed E-state index contributed by atoms with van der Waals surface area (Å²) in [4.78, 5) is 10.6. The zero-order chi connectivity index (χ0) is 18.0. The Morgan fingerprint density at radius 3 is 2.81 bits per heavy atom.